The van der Waals surface area contributed by atoms with Crippen LogP contribution in [0.2, 0.25) is 0 Å². The maximum Gasteiger partial charge on any atom is 0.127 e. The van der Waals surface area contributed by atoms with E-state index < -0.39 is 0 Å². The van der Waals surface area contributed by atoms with Crippen LogP contribution in [0, 0.1) is 0 Å². The Morgan fingerprint density at radius 1 is 0.882 bits per heavy atom. The largest absolute Gasteiger partial charge is 0.457 e. The Hall–Kier alpha value is -1.41. The van der Waals surface area contributed by atoms with E-state index in [9.17, 15) is 0 Å². The summed E-state index contributed by atoms with van der Waals surface area (Å²) in [6.07, 6.45) is 3.13. The monoisotopic (exact) mass is 244 g/mol. The van der Waals surface area contributed by atoms with E-state index in [1.807, 2.05) is 24.3 Å². The molecule has 2 rings (SSSR count). The molecule has 0 spiro atoms. The number of hydrogen-bond donors (Lipinski definition) is 0. The third-order valence-electron chi connectivity index (χ3n) is 2.63. The van der Waals surface area contributed by atoms with E-state index in [0.717, 1.165) is 17.9 Å². The minimum atomic E-state index is 0.882. The third-order valence-corrected chi connectivity index (χ3v) is 3.37. The van der Waals surface area contributed by atoms with Crippen LogP contribution < -0.4 is 4.74 Å². The van der Waals surface area contributed by atoms with E-state index in [0.29, 0.717) is 0 Å². The van der Waals surface area contributed by atoms with Gasteiger partial charge in [-0.1, -0.05) is 19.1 Å². The highest BCUT2D eigenvalue weighted by Crippen LogP contribution is 2.24. The molecule has 0 aliphatic carbocycles. The van der Waals surface area contributed by atoms with E-state index in [4.69, 9.17) is 4.74 Å². The summed E-state index contributed by atoms with van der Waals surface area (Å²) in [5.74, 6) is 1.77. The Morgan fingerprint density at radius 2 is 1.41 bits per heavy atom. The van der Waals surface area contributed by atoms with Gasteiger partial charge < -0.3 is 4.74 Å². The summed E-state index contributed by atoms with van der Waals surface area (Å²) in [7, 11) is 0. The fraction of sp³-hybridized carbons (Fsp3) is 0.200. The van der Waals surface area contributed by atoms with Crippen LogP contribution in [0.3, 0.4) is 0 Å². The standard InChI is InChI=1S/C15H16OS/c1-3-12-4-6-13(7-5-12)16-14-8-10-15(17-2)11-9-14/h4-11H,3H2,1-2H3. The van der Waals surface area contributed by atoms with Gasteiger partial charge >= 0.3 is 0 Å². The molecule has 0 aliphatic rings. The summed E-state index contributed by atoms with van der Waals surface area (Å²) in [5.41, 5.74) is 1.33. The average Bonchev–Trinajstić information content (AvgIpc) is 2.40. The van der Waals surface area contributed by atoms with Crippen molar-refractivity contribution in [1.82, 2.24) is 0 Å². The molecule has 0 N–H and O–H groups in total. The van der Waals surface area contributed by atoms with E-state index in [-0.39, 0.29) is 0 Å². The highest BCUT2D eigenvalue weighted by molar-refractivity contribution is 7.98. The lowest BCUT2D eigenvalue weighted by atomic mass is 10.2. The van der Waals surface area contributed by atoms with Crippen LogP contribution in [-0.2, 0) is 6.42 Å². The molecular formula is C15H16OS. The summed E-state index contributed by atoms with van der Waals surface area (Å²) in [5, 5.41) is 0. The first kappa shape index (κ1) is 12.1. The Labute approximate surface area is 107 Å². The Balaban J connectivity index is 2.08. The molecule has 0 atom stereocenters. The number of ether oxygens (including phenoxy) is 1. The van der Waals surface area contributed by atoms with E-state index in [1.54, 1.807) is 11.8 Å². The van der Waals surface area contributed by atoms with Gasteiger partial charge in [-0.25, -0.2) is 0 Å². The van der Waals surface area contributed by atoms with E-state index >= 15 is 0 Å². The molecule has 0 saturated heterocycles. The number of hydrogen-bond acceptors (Lipinski definition) is 2. The summed E-state index contributed by atoms with van der Waals surface area (Å²) in [6, 6.07) is 16.4. The van der Waals surface area contributed by atoms with Gasteiger partial charge in [0.2, 0.25) is 0 Å². The molecule has 0 unspecified atom stereocenters. The van der Waals surface area contributed by atoms with Crippen molar-refractivity contribution in [3.05, 3.63) is 54.1 Å². The van der Waals surface area contributed by atoms with Crippen molar-refractivity contribution in [3.8, 4) is 11.5 Å². The minimum absolute atomic E-state index is 0.882. The number of aryl methyl sites for hydroxylation is 1. The molecule has 17 heavy (non-hydrogen) atoms. The summed E-state index contributed by atoms with van der Waals surface area (Å²) >= 11 is 1.73. The quantitative estimate of drug-likeness (QED) is 0.717. The SMILES string of the molecule is CCc1ccc(Oc2ccc(SC)cc2)cc1. The molecule has 88 valence electrons. The molecule has 0 saturated carbocycles. The Morgan fingerprint density at radius 3 is 1.88 bits per heavy atom. The topological polar surface area (TPSA) is 9.23 Å². The molecule has 0 amide bonds. The predicted molar refractivity (Wildman–Crippen MR) is 74.1 cm³/mol. The molecule has 0 aliphatic heterocycles. The van der Waals surface area contributed by atoms with Gasteiger partial charge in [-0.2, -0.15) is 0 Å². The highest BCUT2D eigenvalue weighted by atomic mass is 32.2. The highest BCUT2D eigenvalue weighted by Gasteiger charge is 1.97. The number of rotatable bonds is 4. The number of thioether (sulfide) groups is 1. The smallest absolute Gasteiger partial charge is 0.127 e. The summed E-state index contributed by atoms with van der Waals surface area (Å²) in [4.78, 5) is 1.25. The second-order valence-electron chi connectivity index (χ2n) is 3.78. The second-order valence-corrected chi connectivity index (χ2v) is 4.65. The lowest BCUT2D eigenvalue weighted by Crippen LogP contribution is -1.85. The first-order valence-corrected chi connectivity index (χ1v) is 6.95. The molecule has 0 heterocycles. The van der Waals surface area contributed by atoms with Gasteiger partial charge in [-0.3, -0.25) is 0 Å². The molecular weight excluding hydrogens is 228 g/mol. The van der Waals surface area contributed by atoms with Crippen LogP contribution in [0.15, 0.2) is 53.4 Å². The predicted octanol–water partition coefficient (Wildman–Crippen LogP) is 4.76. The van der Waals surface area contributed by atoms with Gasteiger partial charge in [-0.15, -0.1) is 11.8 Å². The van der Waals surface area contributed by atoms with Crippen molar-refractivity contribution in [2.75, 3.05) is 6.26 Å². The molecule has 0 radical (unpaired) electrons. The van der Waals surface area contributed by atoms with Crippen LogP contribution in [0.4, 0.5) is 0 Å². The fourth-order valence-corrected chi connectivity index (χ4v) is 1.98. The molecule has 0 aromatic heterocycles. The van der Waals surface area contributed by atoms with Crippen LogP contribution in [0.5, 0.6) is 11.5 Å². The molecule has 2 aromatic carbocycles. The van der Waals surface area contributed by atoms with Crippen LogP contribution >= 0.6 is 11.8 Å². The first-order valence-electron chi connectivity index (χ1n) is 5.72. The maximum atomic E-state index is 5.77. The molecule has 0 fully saturated rings. The maximum absolute atomic E-state index is 5.77. The fourth-order valence-electron chi connectivity index (χ4n) is 1.57. The summed E-state index contributed by atoms with van der Waals surface area (Å²) < 4.78 is 5.77. The van der Waals surface area contributed by atoms with Crippen molar-refractivity contribution < 1.29 is 4.74 Å². The lowest BCUT2D eigenvalue weighted by molar-refractivity contribution is 0.482. The van der Waals surface area contributed by atoms with E-state index in [2.05, 4.69) is 37.4 Å². The van der Waals surface area contributed by atoms with Gasteiger partial charge in [0, 0.05) is 4.90 Å². The summed E-state index contributed by atoms with van der Waals surface area (Å²) in [6.45, 7) is 2.15. The van der Waals surface area contributed by atoms with Gasteiger partial charge in [0.15, 0.2) is 0 Å². The average molecular weight is 244 g/mol. The Bertz CT molecular complexity index is 414. The van der Waals surface area contributed by atoms with Crippen molar-refractivity contribution in [3.63, 3.8) is 0 Å². The molecule has 1 nitrogen and oxygen atoms in total. The zero-order valence-electron chi connectivity index (χ0n) is 10.1. The third kappa shape index (κ3) is 3.27. The van der Waals surface area contributed by atoms with Crippen molar-refractivity contribution >= 4 is 11.8 Å². The molecule has 2 heteroatoms. The molecule has 0 bridgehead atoms. The number of benzene rings is 2. The Kier molecular flexibility index (Phi) is 4.10. The zero-order chi connectivity index (χ0) is 12.1. The van der Waals surface area contributed by atoms with Crippen molar-refractivity contribution in [2.24, 2.45) is 0 Å². The van der Waals surface area contributed by atoms with E-state index in [1.165, 1.54) is 10.5 Å². The lowest BCUT2D eigenvalue weighted by Gasteiger charge is -2.06. The second kappa shape index (κ2) is 5.78. The van der Waals surface area contributed by atoms with Crippen LogP contribution in [-0.4, -0.2) is 6.26 Å². The van der Waals surface area contributed by atoms with Crippen LogP contribution in [0.25, 0.3) is 0 Å². The van der Waals surface area contributed by atoms with Gasteiger partial charge in [0.25, 0.3) is 0 Å². The van der Waals surface area contributed by atoms with Gasteiger partial charge in [0.1, 0.15) is 11.5 Å². The minimum Gasteiger partial charge on any atom is -0.457 e. The van der Waals surface area contributed by atoms with Crippen LogP contribution in [0.1, 0.15) is 12.5 Å². The first-order chi connectivity index (χ1) is 8.31. The zero-order valence-corrected chi connectivity index (χ0v) is 11.0. The van der Waals surface area contributed by atoms with Crippen molar-refractivity contribution in [1.29, 1.82) is 0 Å². The van der Waals surface area contributed by atoms with Gasteiger partial charge in [0.05, 0.1) is 0 Å². The molecule has 2 aromatic rings. The normalized spacial score (nSPS) is 10.2. The van der Waals surface area contributed by atoms with Gasteiger partial charge in [-0.05, 0) is 54.6 Å². The van der Waals surface area contributed by atoms with Crippen molar-refractivity contribution in [2.45, 2.75) is 18.2 Å².